The van der Waals surface area contributed by atoms with Crippen LogP contribution in [0, 0.1) is 11.8 Å². The lowest BCUT2D eigenvalue weighted by molar-refractivity contribution is 1.50. The molecule has 0 amide bonds. The molecule has 0 radical (unpaired) electrons. The van der Waals surface area contributed by atoms with Crippen molar-refractivity contribution in [2.45, 2.75) is 48.5 Å². The first-order valence-electron chi connectivity index (χ1n) is 5.73. The van der Waals surface area contributed by atoms with Gasteiger partial charge in [-0.1, -0.05) is 72.8 Å². The van der Waals surface area contributed by atoms with Gasteiger partial charge in [-0.15, -0.1) is 5.92 Å². The molecule has 0 nitrogen and oxygen atoms in total. The summed E-state index contributed by atoms with van der Waals surface area (Å²) in [5, 5.41) is 0. The summed E-state index contributed by atoms with van der Waals surface area (Å²) >= 11 is 0. The molecule has 0 aliphatic rings. The molecule has 0 aromatic carbocycles. The second kappa shape index (κ2) is 38.6. The first kappa shape index (κ1) is 23.5. The number of allylic oxidation sites excluding steroid dienone is 4. The Morgan fingerprint density at radius 2 is 1.33 bits per heavy atom. The van der Waals surface area contributed by atoms with Crippen LogP contribution in [0.2, 0.25) is 0 Å². The zero-order valence-corrected chi connectivity index (χ0v) is 11.6. The molecule has 0 N–H and O–H groups in total. The third-order valence-electron chi connectivity index (χ3n) is 0.787. The van der Waals surface area contributed by atoms with E-state index >= 15 is 0 Å². The van der Waals surface area contributed by atoms with Gasteiger partial charge in [0.1, 0.15) is 0 Å². The van der Waals surface area contributed by atoms with Gasteiger partial charge in [0.25, 0.3) is 0 Å². The minimum Gasteiger partial charge on any atom is -0.101 e. The summed E-state index contributed by atoms with van der Waals surface area (Å²) in [4.78, 5) is 0. The van der Waals surface area contributed by atoms with Gasteiger partial charge in [-0.05, 0) is 13.0 Å². The molecule has 0 aromatic rings. The van der Waals surface area contributed by atoms with Crippen LogP contribution in [0.15, 0.2) is 37.0 Å². The van der Waals surface area contributed by atoms with Crippen LogP contribution in [0.5, 0.6) is 0 Å². The van der Waals surface area contributed by atoms with Crippen molar-refractivity contribution < 1.29 is 0 Å². The summed E-state index contributed by atoms with van der Waals surface area (Å²) in [6, 6.07) is 0. The summed E-state index contributed by atoms with van der Waals surface area (Å²) < 4.78 is 0. The molecule has 0 bridgehead atoms. The van der Waals surface area contributed by atoms with E-state index in [9.17, 15) is 0 Å². The number of hydrogen-bond donors (Lipinski definition) is 0. The van der Waals surface area contributed by atoms with Gasteiger partial charge < -0.3 is 0 Å². The average molecular weight is 208 g/mol. The van der Waals surface area contributed by atoms with E-state index in [4.69, 9.17) is 0 Å². The highest BCUT2D eigenvalue weighted by atomic mass is 13.8. The Kier molecular flexibility index (Phi) is 60.5. The van der Waals surface area contributed by atoms with Crippen molar-refractivity contribution in [1.82, 2.24) is 0 Å². The van der Waals surface area contributed by atoms with Crippen LogP contribution < -0.4 is 0 Å². The minimum atomic E-state index is 0.910. The topological polar surface area (TPSA) is 0 Å². The van der Waals surface area contributed by atoms with E-state index in [-0.39, 0.29) is 0 Å². The molecule has 0 unspecified atom stereocenters. The van der Waals surface area contributed by atoms with Gasteiger partial charge in [0, 0.05) is 5.57 Å². The Morgan fingerprint density at radius 1 is 0.933 bits per heavy atom. The van der Waals surface area contributed by atoms with Gasteiger partial charge >= 0.3 is 0 Å². The van der Waals surface area contributed by atoms with Crippen LogP contribution >= 0.6 is 0 Å². The van der Waals surface area contributed by atoms with Crippen molar-refractivity contribution in [3.05, 3.63) is 37.0 Å². The molecule has 0 aliphatic carbocycles. The normalized spacial score (nSPS) is 6.73. The van der Waals surface area contributed by atoms with Crippen LogP contribution in [0.25, 0.3) is 0 Å². The maximum atomic E-state index is 3.58. The summed E-state index contributed by atoms with van der Waals surface area (Å²) in [6.07, 6.45) is 5.23. The monoisotopic (exact) mass is 208 g/mol. The van der Waals surface area contributed by atoms with Gasteiger partial charge in [0.2, 0.25) is 0 Å². The second-order valence-corrected chi connectivity index (χ2v) is 1.44. The number of rotatable bonds is 2. The largest absolute Gasteiger partial charge is 0.101 e. The third kappa shape index (κ3) is 32.3. The van der Waals surface area contributed by atoms with E-state index in [1.54, 1.807) is 19.1 Å². The first-order chi connectivity index (χ1) is 7.35. The molecular weight excluding hydrogens is 180 g/mol. The van der Waals surface area contributed by atoms with Crippen molar-refractivity contribution in [2.75, 3.05) is 0 Å². The summed E-state index contributed by atoms with van der Waals surface area (Å²) in [6.45, 7) is 20.9. The standard InChI is InChI=1S/C9H10.3C2H6/c1-4-7-9(6-3)8-5-2;3*1-2/h4,6-7H,1,3H2,2H3;3*1-2H3/b9-7+;;;. The lowest BCUT2D eigenvalue weighted by Gasteiger charge is -1.81. The molecule has 0 saturated carbocycles. The lowest BCUT2D eigenvalue weighted by Crippen LogP contribution is -1.66. The Bertz CT molecular complexity index is 184. The summed E-state index contributed by atoms with van der Waals surface area (Å²) in [5.74, 6) is 5.62. The molecule has 0 heterocycles. The van der Waals surface area contributed by atoms with Crippen molar-refractivity contribution in [2.24, 2.45) is 0 Å². The van der Waals surface area contributed by atoms with Crippen LogP contribution in [0.3, 0.4) is 0 Å². The lowest BCUT2D eigenvalue weighted by atomic mass is 10.2. The van der Waals surface area contributed by atoms with E-state index in [0.29, 0.717) is 0 Å². The summed E-state index contributed by atoms with van der Waals surface area (Å²) in [7, 11) is 0. The molecule has 0 rings (SSSR count). The predicted molar refractivity (Wildman–Crippen MR) is 76.0 cm³/mol. The minimum absolute atomic E-state index is 0.910. The van der Waals surface area contributed by atoms with E-state index in [1.165, 1.54) is 0 Å². The molecule has 0 fully saturated rings. The molecule has 0 heteroatoms. The van der Waals surface area contributed by atoms with Gasteiger partial charge in [0.05, 0.1) is 0 Å². The molecule has 0 atom stereocenters. The van der Waals surface area contributed by atoms with Crippen LogP contribution in [0.4, 0.5) is 0 Å². The number of hydrogen-bond acceptors (Lipinski definition) is 0. The molecule has 0 aliphatic heterocycles. The van der Waals surface area contributed by atoms with E-state index in [2.05, 4.69) is 25.0 Å². The molecule has 0 aromatic heterocycles. The summed E-state index contributed by atoms with van der Waals surface area (Å²) in [5.41, 5.74) is 0.910. The van der Waals surface area contributed by atoms with Crippen molar-refractivity contribution in [1.29, 1.82) is 0 Å². The van der Waals surface area contributed by atoms with Crippen molar-refractivity contribution >= 4 is 0 Å². The highest BCUT2D eigenvalue weighted by molar-refractivity contribution is 5.38. The maximum absolute atomic E-state index is 3.58. The zero-order chi connectivity index (χ0) is 13.1. The Balaban J connectivity index is -0.0000000860. The fourth-order valence-corrected chi connectivity index (χ4v) is 0.432. The quantitative estimate of drug-likeness (QED) is 0.422. The van der Waals surface area contributed by atoms with Gasteiger partial charge in [-0.3, -0.25) is 0 Å². The van der Waals surface area contributed by atoms with E-state index in [1.807, 2.05) is 47.6 Å². The van der Waals surface area contributed by atoms with Gasteiger partial charge in [-0.2, -0.15) is 0 Å². The molecule has 88 valence electrons. The van der Waals surface area contributed by atoms with Crippen LogP contribution in [0.1, 0.15) is 48.5 Å². The maximum Gasteiger partial charge on any atom is 0.0239 e. The van der Waals surface area contributed by atoms with E-state index < -0.39 is 0 Å². The fraction of sp³-hybridized carbons (Fsp3) is 0.467. The highest BCUT2D eigenvalue weighted by Gasteiger charge is 1.75. The molecule has 15 heavy (non-hydrogen) atoms. The second-order valence-electron chi connectivity index (χ2n) is 1.44. The van der Waals surface area contributed by atoms with E-state index in [0.717, 1.165) is 5.57 Å². The van der Waals surface area contributed by atoms with Gasteiger partial charge in [-0.25, -0.2) is 0 Å². The molecular formula is C15H28. The van der Waals surface area contributed by atoms with Crippen LogP contribution in [-0.2, 0) is 0 Å². The predicted octanol–water partition coefficient (Wildman–Crippen LogP) is 5.39. The van der Waals surface area contributed by atoms with Gasteiger partial charge in [0.15, 0.2) is 0 Å². The van der Waals surface area contributed by atoms with Crippen molar-refractivity contribution in [3.8, 4) is 11.8 Å². The Morgan fingerprint density at radius 3 is 1.53 bits per heavy atom. The zero-order valence-electron chi connectivity index (χ0n) is 11.6. The Hall–Kier alpha value is -1.22. The fourth-order valence-electron chi connectivity index (χ4n) is 0.432. The average Bonchev–Trinajstić information content (AvgIpc) is 2.36. The smallest absolute Gasteiger partial charge is 0.0239 e. The first-order valence-corrected chi connectivity index (χ1v) is 5.73. The SMILES string of the molecule is C=C/C=C(/C#CC)C=C.CC.CC.CC. The van der Waals surface area contributed by atoms with Crippen LogP contribution in [-0.4, -0.2) is 0 Å². The third-order valence-corrected chi connectivity index (χ3v) is 0.787. The Labute approximate surface area is 97.8 Å². The highest BCUT2D eigenvalue weighted by Crippen LogP contribution is 1.91. The van der Waals surface area contributed by atoms with Crippen molar-refractivity contribution in [3.63, 3.8) is 0 Å². The molecule has 0 spiro atoms. The molecule has 0 saturated heterocycles.